The third-order valence-corrected chi connectivity index (χ3v) is 5.86. The van der Waals surface area contributed by atoms with E-state index in [0.29, 0.717) is 12.3 Å². The molecule has 0 aromatic heterocycles. The number of fused-ring (bicyclic) bond motifs is 3. The lowest BCUT2D eigenvalue weighted by Crippen LogP contribution is -2.40. The van der Waals surface area contributed by atoms with Crippen LogP contribution in [0.1, 0.15) is 12.5 Å². The summed E-state index contributed by atoms with van der Waals surface area (Å²) in [5, 5.41) is 0. The van der Waals surface area contributed by atoms with Crippen molar-refractivity contribution in [3.05, 3.63) is 65.7 Å². The molecule has 23 heavy (non-hydrogen) atoms. The SMILES string of the molecule is CC1=C2c3ccccc3N(S(=O)(=O)c3ccccc3)[C@@H]2OOC1. The van der Waals surface area contributed by atoms with Crippen molar-refractivity contribution < 1.29 is 18.2 Å². The van der Waals surface area contributed by atoms with Crippen LogP contribution in [0.25, 0.3) is 5.57 Å². The van der Waals surface area contributed by atoms with Gasteiger partial charge in [0.05, 0.1) is 10.6 Å². The highest BCUT2D eigenvalue weighted by Crippen LogP contribution is 2.46. The van der Waals surface area contributed by atoms with Crippen molar-refractivity contribution in [1.82, 2.24) is 0 Å². The molecule has 0 saturated carbocycles. The Bertz CT molecular complexity index is 890. The highest BCUT2D eigenvalue weighted by molar-refractivity contribution is 7.93. The van der Waals surface area contributed by atoms with Gasteiger partial charge in [0.15, 0.2) is 0 Å². The molecule has 0 N–H and O–H groups in total. The molecule has 2 aliphatic heterocycles. The molecule has 0 aliphatic carbocycles. The van der Waals surface area contributed by atoms with Gasteiger partial charge in [-0.3, -0.25) is 0 Å². The van der Waals surface area contributed by atoms with Gasteiger partial charge < -0.3 is 0 Å². The van der Waals surface area contributed by atoms with Crippen LogP contribution in [-0.4, -0.2) is 21.3 Å². The van der Waals surface area contributed by atoms with Gasteiger partial charge in [-0.1, -0.05) is 36.4 Å². The highest BCUT2D eigenvalue weighted by Gasteiger charge is 2.45. The van der Waals surface area contributed by atoms with Gasteiger partial charge in [-0.25, -0.2) is 22.5 Å². The van der Waals surface area contributed by atoms with Gasteiger partial charge in [0.25, 0.3) is 10.0 Å². The topological polar surface area (TPSA) is 55.8 Å². The smallest absolute Gasteiger partial charge is 0.231 e. The van der Waals surface area contributed by atoms with E-state index in [9.17, 15) is 8.42 Å². The molecule has 0 bridgehead atoms. The van der Waals surface area contributed by atoms with Crippen LogP contribution in [0.2, 0.25) is 0 Å². The quantitative estimate of drug-likeness (QED) is 0.795. The third-order valence-electron chi connectivity index (χ3n) is 4.09. The standard InChI is InChI=1S/C17H15NO4S/c1-12-11-21-22-17-16(12)14-9-5-6-10-15(14)18(17)23(19,20)13-7-3-2-4-8-13/h2-10,17H,11H2,1H3/t17-/m1/s1. The number of anilines is 1. The number of benzene rings is 2. The van der Waals surface area contributed by atoms with Crippen LogP contribution in [0, 0.1) is 0 Å². The first-order valence-electron chi connectivity index (χ1n) is 7.27. The average molecular weight is 329 g/mol. The normalized spacial score (nSPS) is 20.4. The number of sulfonamides is 1. The van der Waals surface area contributed by atoms with E-state index in [1.807, 2.05) is 25.1 Å². The molecule has 2 aliphatic rings. The number of rotatable bonds is 2. The Morgan fingerprint density at radius 3 is 2.52 bits per heavy atom. The predicted molar refractivity (Wildman–Crippen MR) is 86.0 cm³/mol. The first kappa shape index (κ1) is 14.4. The first-order valence-corrected chi connectivity index (χ1v) is 8.71. The number of para-hydroxylation sites is 1. The Balaban J connectivity index is 1.94. The zero-order chi connectivity index (χ0) is 16.0. The summed E-state index contributed by atoms with van der Waals surface area (Å²) in [6.07, 6.45) is -0.786. The molecule has 0 radical (unpaired) electrons. The molecule has 0 saturated heterocycles. The molecule has 0 fully saturated rings. The minimum Gasteiger partial charge on any atom is -0.231 e. The maximum atomic E-state index is 13.1. The molecule has 2 heterocycles. The van der Waals surface area contributed by atoms with Crippen molar-refractivity contribution in [3.8, 4) is 0 Å². The summed E-state index contributed by atoms with van der Waals surface area (Å²) in [5.41, 5.74) is 3.32. The second-order valence-corrected chi connectivity index (χ2v) is 7.35. The van der Waals surface area contributed by atoms with Crippen molar-refractivity contribution in [2.45, 2.75) is 18.0 Å². The molecule has 4 rings (SSSR count). The van der Waals surface area contributed by atoms with Crippen molar-refractivity contribution in [2.24, 2.45) is 0 Å². The van der Waals surface area contributed by atoms with E-state index < -0.39 is 16.3 Å². The fraction of sp³-hybridized carbons (Fsp3) is 0.176. The van der Waals surface area contributed by atoms with Gasteiger partial charge in [0.1, 0.15) is 6.61 Å². The Morgan fingerprint density at radius 2 is 1.74 bits per heavy atom. The van der Waals surface area contributed by atoms with Gasteiger partial charge in [-0.2, -0.15) is 0 Å². The molecule has 0 amide bonds. The molecular formula is C17H15NO4S. The lowest BCUT2D eigenvalue weighted by molar-refractivity contribution is -0.308. The predicted octanol–water partition coefficient (Wildman–Crippen LogP) is 2.96. The minimum absolute atomic E-state index is 0.225. The third kappa shape index (κ3) is 2.10. The lowest BCUT2D eigenvalue weighted by atomic mass is 10.0. The van der Waals surface area contributed by atoms with Gasteiger partial charge >= 0.3 is 0 Å². The van der Waals surface area contributed by atoms with Gasteiger partial charge in [-0.05, 0) is 30.7 Å². The summed E-state index contributed by atoms with van der Waals surface area (Å²) in [7, 11) is -3.75. The van der Waals surface area contributed by atoms with Gasteiger partial charge in [-0.15, -0.1) is 0 Å². The van der Waals surface area contributed by atoms with Crippen LogP contribution in [-0.2, 0) is 19.8 Å². The maximum absolute atomic E-state index is 13.1. The molecular weight excluding hydrogens is 314 g/mol. The summed E-state index contributed by atoms with van der Waals surface area (Å²) in [6, 6.07) is 15.8. The fourth-order valence-electron chi connectivity index (χ4n) is 3.02. The zero-order valence-corrected chi connectivity index (χ0v) is 13.3. The second kappa shape index (κ2) is 5.19. The van der Waals surface area contributed by atoms with E-state index in [4.69, 9.17) is 9.78 Å². The monoisotopic (exact) mass is 329 g/mol. The molecule has 5 nitrogen and oxygen atoms in total. The Morgan fingerprint density at radius 1 is 1.04 bits per heavy atom. The number of hydrogen-bond acceptors (Lipinski definition) is 4. The molecule has 0 unspecified atom stereocenters. The largest absolute Gasteiger partial charge is 0.266 e. The van der Waals surface area contributed by atoms with Crippen molar-refractivity contribution in [3.63, 3.8) is 0 Å². The molecule has 1 atom stereocenters. The summed E-state index contributed by atoms with van der Waals surface area (Å²) in [4.78, 5) is 10.7. The molecule has 118 valence electrons. The molecule has 2 aromatic carbocycles. The maximum Gasteiger partial charge on any atom is 0.266 e. The van der Waals surface area contributed by atoms with Crippen molar-refractivity contribution in [1.29, 1.82) is 0 Å². The van der Waals surface area contributed by atoms with Crippen LogP contribution in [0.15, 0.2) is 65.1 Å². The van der Waals surface area contributed by atoms with E-state index in [-0.39, 0.29) is 4.90 Å². The summed E-state index contributed by atoms with van der Waals surface area (Å²) >= 11 is 0. The van der Waals surface area contributed by atoms with E-state index in [2.05, 4.69) is 0 Å². The van der Waals surface area contributed by atoms with E-state index >= 15 is 0 Å². The van der Waals surface area contributed by atoms with Crippen LogP contribution in [0.4, 0.5) is 5.69 Å². The van der Waals surface area contributed by atoms with Crippen LogP contribution >= 0.6 is 0 Å². The average Bonchev–Trinajstić information content (AvgIpc) is 2.92. The molecule has 2 aromatic rings. The summed E-state index contributed by atoms with van der Waals surface area (Å²) in [6.45, 7) is 2.26. The van der Waals surface area contributed by atoms with Crippen molar-refractivity contribution >= 4 is 21.3 Å². The molecule has 6 heteroatoms. The van der Waals surface area contributed by atoms with E-state index in [1.165, 1.54) is 4.31 Å². The van der Waals surface area contributed by atoms with E-state index in [1.54, 1.807) is 36.4 Å². The zero-order valence-electron chi connectivity index (χ0n) is 12.5. The second-order valence-electron chi connectivity index (χ2n) is 5.54. The minimum atomic E-state index is -3.75. The van der Waals surface area contributed by atoms with Crippen LogP contribution < -0.4 is 4.31 Å². The Kier molecular flexibility index (Phi) is 3.26. The first-order chi connectivity index (χ1) is 11.1. The van der Waals surface area contributed by atoms with Gasteiger partial charge in [0.2, 0.25) is 6.23 Å². The Labute approximate surface area is 134 Å². The van der Waals surface area contributed by atoms with Crippen LogP contribution in [0.5, 0.6) is 0 Å². The fourth-order valence-corrected chi connectivity index (χ4v) is 4.56. The van der Waals surface area contributed by atoms with E-state index in [0.717, 1.165) is 16.7 Å². The Hall–Kier alpha value is -2.15. The lowest BCUT2D eigenvalue weighted by Gasteiger charge is -2.29. The summed E-state index contributed by atoms with van der Waals surface area (Å²) in [5.74, 6) is 0. The summed E-state index contributed by atoms with van der Waals surface area (Å²) < 4.78 is 27.6. The van der Waals surface area contributed by atoms with Gasteiger partial charge in [0, 0.05) is 11.1 Å². The van der Waals surface area contributed by atoms with Crippen LogP contribution in [0.3, 0.4) is 0 Å². The van der Waals surface area contributed by atoms with Crippen molar-refractivity contribution in [2.75, 3.05) is 10.9 Å². The highest BCUT2D eigenvalue weighted by atomic mass is 32.2. The number of hydrogen-bond donors (Lipinski definition) is 0. The molecule has 0 spiro atoms. The number of nitrogens with zero attached hydrogens (tertiary/aromatic N) is 1.